The van der Waals surface area contributed by atoms with E-state index in [1.807, 2.05) is 31.2 Å². The third kappa shape index (κ3) is 3.78. The second kappa shape index (κ2) is 7.29. The van der Waals surface area contributed by atoms with Crippen LogP contribution in [0.2, 0.25) is 0 Å². The smallest absolute Gasteiger partial charge is 0.227 e. The molecule has 22 heavy (non-hydrogen) atoms. The molecule has 1 aliphatic rings. The Hall–Kier alpha value is -2.04. The quantitative estimate of drug-likeness (QED) is 0.877. The summed E-state index contributed by atoms with van der Waals surface area (Å²) in [6, 6.07) is 7.51. The molecule has 1 aliphatic heterocycles. The lowest BCUT2D eigenvalue weighted by Gasteiger charge is -2.18. The van der Waals surface area contributed by atoms with Crippen LogP contribution in [0, 0.1) is 5.92 Å². The third-order valence-electron chi connectivity index (χ3n) is 3.97. The average Bonchev–Trinajstić information content (AvgIpc) is 2.89. The molecule has 0 bridgehead atoms. The molecule has 1 N–H and O–H groups in total. The highest BCUT2D eigenvalue weighted by molar-refractivity contribution is 6.00. The first-order valence-corrected chi connectivity index (χ1v) is 7.80. The number of benzene rings is 1. The van der Waals surface area contributed by atoms with Gasteiger partial charge in [0.15, 0.2) is 0 Å². The molecule has 0 aromatic heterocycles. The molecular weight excluding hydrogens is 280 g/mol. The minimum absolute atomic E-state index is 0.0171. The molecule has 0 saturated carbocycles. The maximum absolute atomic E-state index is 12.3. The first kappa shape index (κ1) is 16.3. The molecular formula is C17H24N2O3. The second-order valence-corrected chi connectivity index (χ2v) is 5.81. The highest BCUT2D eigenvalue weighted by atomic mass is 16.5. The topological polar surface area (TPSA) is 58.6 Å². The van der Waals surface area contributed by atoms with E-state index in [1.165, 1.54) is 0 Å². The van der Waals surface area contributed by atoms with Crippen LogP contribution in [0.15, 0.2) is 24.3 Å². The van der Waals surface area contributed by atoms with Gasteiger partial charge in [-0.3, -0.25) is 9.59 Å². The summed E-state index contributed by atoms with van der Waals surface area (Å²) in [4.78, 5) is 26.1. The van der Waals surface area contributed by atoms with E-state index >= 15 is 0 Å². The number of rotatable bonds is 6. The van der Waals surface area contributed by atoms with Gasteiger partial charge in [0, 0.05) is 30.8 Å². The SMILES string of the molecule is CCC[C@H](C)NC(=O)[C@H]1CC(=O)N(c2cccc(OC)c2)C1. The monoisotopic (exact) mass is 304 g/mol. The van der Waals surface area contributed by atoms with E-state index in [4.69, 9.17) is 4.74 Å². The Morgan fingerprint density at radius 2 is 2.27 bits per heavy atom. The van der Waals surface area contributed by atoms with Gasteiger partial charge in [-0.15, -0.1) is 0 Å². The van der Waals surface area contributed by atoms with E-state index in [-0.39, 0.29) is 30.2 Å². The van der Waals surface area contributed by atoms with Gasteiger partial charge in [-0.1, -0.05) is 19.4 Å². The van der Waals surface area contributed by atoms with Gasteiger partial charge >= 0.3 is 0 Å². The van der Waals surface area contributed by atoms with Crippen molar-refractivity contribution < 1.29 is 14.3 Å². The summed E-state index contributed by atoms with van der Waals surface area (Å²) in [7, 11) is 1.59. The van der Waals surface area contributed by atoms with E-state index in [9.17, 15) is 9.59 Å². The molecule has 1 heterocycles. The number of ether oxygens (including phenoxy) is 1. The minimum Gasteiger partial charge on any atom is -0.497 e. The van der Waals surface area contributed by atoms with Crippen LogP contribution in [-0.4, -0.2) is 31.5 Å². The van der Waals surface area contributed by atoms with Crippen LogP contribution in [0.1, 0.15) is 33.1 Å². The molecule has 0 unspecified atom stereocenters. The lowest BCUT2D eigenvalue weighted by molar-refractivity contribution is -0.126. The summed E-state index contributed by atoms with van der Waals surface area (Å²) in [6.45, 7) is 4.51. The van der Waals surface area contributed by atoms with Crippen LogP contribution < -0.4 is 15.0 Å². The number of carbonyl (C=O) groups excluding carboxylic acids is 2. The Morgan fingerprint density at radius 1 is 1.50 bits per heavy atom. The number of anilines is 1. The van der Waals surface area contributed by atoms with Gasteiger partial charge in [-0.2, -0.15) is 0 Å². The third-order valence-corrected chi connectivity index (χ3v) is 3.97. The maximum atomic E-state index is 12.3. The van der Waals surface area contributed by atoms with Crippen LogP contribution in [0.3, 0.4) is 0 Å². The zero-order valence-corrected chi connectivity index (χ0v) is 13.5. The Morgan fingerprint density at radius 3 is 2.95 bits per heavy atom. The lowest BCUT2D eigenvalue weighted by atomic mass is 10.1. The highest BCUT2D eigenvalue weighted by Gasteiger charge is 2.35. The molecule has 2 amide bonds. The number of nitrogens with zero attached hydrogens (tertiary/aromatic N) is 1. The van der Waals surface area contributed by atoms with E-state index in [2.05, 4.69) is 12.2 Å². The fourth-order valence-electron chi connectivity index (χ4n) is 2.78. The molecule has 2 rings (SSSR count). The van der Waals surface area contributed by atoms with Gasteiger partial charge in [0.1, 0.15) is 5.75 Å². The summed E-state index contributed by atoms with van der Waals surface area (Å²) in [5.74, 6) is 0.379. The van der Waals surface area contributed by atoms with E-state index in [1.54, 1.807) is 12.0 Å². The molecule has 120 valence electrons. The second-order valence-electron chi connectivity index (χ2n) is 5.81. The summed E-state index contributed by atoms with van der Waals surface area (Å²) >= 11 is 0. The Bertz CT molecular complexity index is 544. The lowest BCUT2D eigenvalue weighted by Crippen LogP contribution is -2.38. The molecule has 0 radical (unpaired) electrons. The molecule has 2 atom stereocenters. The molecule has 0 spiro atoms. The molecule has 1 saturated heterocycles. The number of nitrogens with one attached hydrogen (secondary N) is 1. The first-order chi connectivity index (χ1) is 10.5. The molecule has 1 fully saturated rings. The van der Waals surface area contributed by atoms with Gasteiger partial charge in [0.25, 0.3) is 0 Å². The van der Waals surface area contributed by atoms with E-state index < -0.39 is 0 Å². The van der Waals surface area contributed by atoms with Crippen LogP contribution in [0.25, 0.3) is 0 Å². The van der Waals surface area contributed by atoms with Crippen molar-refractivity contribution in [3.63, 3.8) is 0 Å². The van der Waals surface area contributed by atoms with Gasteiger partial charge in [0.2, 0.25) is 11.8 Å². The van der Waals surface area contributed by atoms with Crippen molar-refractivity contribution in [1.82, 2.24) is 5.32 Å². The summed E-state index contributed by atoms with van der Waals surface area (Å²) in [5.41, 5.74) is 0.779. The molecule has 1 aromatic carbocycles. The van der Waals surface area contributed by atoms with Crippen LogP contribution >= 0.6 is 0 Å². The van der Waals surface area contributed by atoms with Crippen LogP contribution in [-0.2, 0) is 9.59 Å². The van der Waals surface area contributed by atoms with Crippen molar-refractivity contribution in [3.8, 4) is 5.75 Å². The Kier molecular flexibility index (Phi) is 5.41. The van der Waals surface area contributed by atoms with Gasteiger partial charge in [-0.05, 0) is 25.5 Å². The zero-order valence-electron chi connectivity index (χ0n) is 13.5. The van der Waals surface area contributed by atoms with Crippen molar-refractivity contribution >= 4 is 17.5 Å². The number of hydrogen-bond donors (Lipinski definition) is 1. The minimum atomic E-state index is -0.280. The average molecular weight is 304 g/mol. The van der Waals surface area contributed by atoms with Crippen molar-refractivity contribution in [3.05, 3.63) is 24.3 Å². The molecule has 0 aliphatic carbocycles. The highest BCUT2D eigenvalue weighted by Crippen LogP contribution is 2.28. The van der Waals surface area contributed by atoms with Gasteiger partial charge in [0.05, 0.1) is 13.0 Å². The Balaban J connectivity index is 2.02. The predicted molar refractivity (Wildman–Crippen MR) is 86.0 cm³/mol. The first-order valence-electron chi connectivity index (χ1n) is 7.80. The number of carbonyl (C=O) groups is 2. The van der Waals surface area contributed by atoms with E-state index in [0.717, 1.165) is 18.5 Å². The fourth-order valence-corrected chi connectivity index (χ4v) is 2.78. The standard InChI is InChI=1S/C17H24N2O3/c1-4-6-12(2)18-17(21)13-9-16(20)19(11-13)14-7-5-8-15(10-14)22-3/h5,7-8,10,12-13H,4,6,9,11H2,1-3H3,(H,18,21)/t12-,13-/m0/s1. The number of methoxy groups -OCH3 is 1. The van der Waals surface area contributed by atoms with E-state index in [0.29, 0.717) is 12.3 Å². The van der Waals surface area contributed by atoms with Crippen LogP contribution in [0.5, 0.6) is 5.75 Å². The van der Waals surface area contributed by atoms with Gasteiger partial charge < -0.3 is 15.0 Å². The largest absolute Gasteiger partial charge is 0.497 e. The summed E-state index contributed by atoms with van der Waals surface area (Å²) in [6.07, 6.45) is 2.24. The zero-order chi connectivity index (χ0) is 16.1. The summed E-state index contributed by atoms with van der Waals surface area (Å²) < 4.78 is 5.19. The Labute approximate surface area is 131 Å². The van der Waals surface area contributed by atoms with Crippen molar-refractivity contribution in [2.75, 3.05) is 18.6 Å². The predicted octanol–water partition coefficient (Wildman–Crippen LogP) is 2.35. The number of amides is 2. The van der Waals surface area contributed by atoms with Crippen LogP contribution in [0.4, 0.5) is 5.69 Å². The van der Waals surface area contributed by atoms with Gasteiger partial charge in [-0.25, -0.2) is 0 Å². The summed E-state index contributed by atoms with van der Waals surface area (Å²) in [5, 5.41) is 3.00. The number of hydrogen-bond acceptors (Lipinski definition) is 3. The fraction of sp³-hybridized carbons (Fsp3) is 0.529. The van der Waals surface area contributed by atoms with Crippen molar-refractivity contribution in [2.45, 2.75) is 39.2 Å². The van der Waals surface area contributed by atoms with Crippen molar-refractivity contribution in [1.29, 1.82) is 0 Å². The maximum Gasteiger partial charge on any atom is 0.227 e. The molecule has 5 nitrogen and oxygen atoms in total. The molecule has 1 aromatic rings. The molecule has 5 heteroatoms. The normalized spacial score (nSPS) is 19.1. The van der Waals surface area contributed by atoms with Crippen molar-refractivity contribution in [2.24, 2.45) is 5.92 Å².